The summed E-state index contributed by atoms with van der Waals surface area (Å²) in [5.74, 6) is -1.18. The Balaban J connectivity index is 0.000000167. The van der Waals surface area contributed by atoms with Gasteiger partial charge < -0.3 is 18.6 Å². The Morgan fingerprint density at radius 2 is 1.09 bits per heavy atom. The topological polar surface area (TPSA) is 106 Å². The summed E-state index contributed by atoms with van der Waals surface area (Å²) in [5, 5.41) is 0. The molecule has 2 aliphatic heterocycles. The van der Waals surface area contributed by atoms with Crippen molar-refractivity contribution >= 4 is 11.8 Å². The molecule has 0 aliphatic carbocycles. The van der Waals surface area contributed by atoms with Crippen molar-refractivity contribution in [2.45, 2.75) is 37.5 Å². The number of hydrogen-bond acceptors (Lipinski definition) is 7. The lowest BCUT2D eigenvalue weighted by molar-refractivity contribution is 0.0690. The van der Waals surface area contributed by atoms with Crippen molar-refractivity contribution in [3.8, 4) is 22.5 Å². The van der Waals surface area contributed by atoms with Crippen LogP contribution in [-0.2, 0) is 0 Å². The van der Waals surface area contributed by atoms with E-state index in [4.69, 9.17) is 8.83 Å². The van der Waals surface area contributed by atoms with E-state index in [1.165, 1.54) is 67.3 Å². The van der Waals surface area contributed by atoms with Crippen LogP contribution in [-0.4, -0.2) is 62.7 Å². The van der Waals surface area contributed by atoms with Crippen molar-refractivity contribution in [1.29, 1.82) is 0 Å². The number of benzene rings is 3. The highest BCUT2D eigenvalue weighted by atomic mass is 19.1. The number of oxazole rings is 2. The molecule has 2 saturated heterocycles. The van der Waals surface area contributed by atoms with Crippen molar-refractivity contribution in [3.63, 3.8) is 0 Å². The summed E-state index contributed by atoms with van der Waals surface area (Å²) in [7, 11) is 0. The molecule has 3 aromatic carbocycles. The predicted octanol–water partition coefficient (Wildman–Crippen LogP) is 8.67. The Hall–Kier alpha value is -6.11. The van der Waals surface area contributed by atoms with Crippen LogP contribution in [0.15, 0.2) is 112 Å². The Bertz CT molecular complexity index is 2070. The third-order valence-corrected chi connectivity index (χ3v) is 9.52. The molecule has 0 unspecified atom stereocenters. The minimum absolute atomic E-state index is 0.0522. The molecule has 0 saturated carbocycles. The fraction of sp³-hybridized carbons (Fsp3) is 0.244. The molecule has 2 atom stereocenters. The number of pyridine rings is 1. The van der Waals surface area contributed by atoms with Gasteiger partial charge >= 0.3 is 0 Å². The molecule has 2 fully saturated rings. The van der Waals surface area contributed by atoms with Crippen molar-refractivity contribution < 1.29 is 36.0 Å². The molecular weight excluding hydrogens is 702 g/mol. The number of rotatable bonds is 6. The summed E-state index contributed by atoms with van der Waals surface area (Å²) in [6, 6.07) is 20.9. The van der Waals surface area contributed by atoms with Crippen molar-refractivity contribution in [1.82, 2.24) is 24.8 Å². The van der Waals surface area contributed by atoms with E-state index in [-0.39, 0.29) is 41.1 Å². The smallest absolute Gasteiger partial charge is 0.255 e. The fourth-order valence-electron chi connectivity index (χ4n) is 6.72. The average Bonchev–Trinajstić information content (AvgIpc) is 3.90. The van der Waals surface area contributed by atoms with E-state index in [0.717, 1.165) is 25.7 Å². The van der Waals surface area contributed by atoms with Crippen LogP contribution >= 0.6 is 0 Å². The van der Waals surface area contributed by atoms with E-state index in [2.05, 4.69) is 15.0 Å². The summed E-state index contributed by atoms with van der Waals surface area (Å²) >= 11 is 0. The second-order valence-corrected chi connectivity index (χ2v) is 13.2. The van der Waals surface area contributed by atoms with Gasteiger partial charge in [0.05, 0.1) is 17.4 Å². The molecule has 0 spiro atoms. The summed E-state index contributed by atoms with van der Waals surface area (Å²) in [6.45, 7) is 2.14. The van der Waals surface area contributed by atoms with Gasteiger partial charge in [-0.1, -0.05) is 24.3 Å². The van der Waals surface area contributed by atoms with Gasteiger partial charge in [0.2, 0.25) is 5.95 Å². The van der Waals surface area contributed by atoms with Crippen LogP contribution in [0.5, 0.6) is 0 Å². The highest BCUT2D eigenvalue weighted by Gasteiger charge is 2.30. The van der Waals surface area contributed by atoms with E-state index in [1.807, 2.05) is 0 Å². The molecule has 8 rings (SSSR count). The molecule has 2 aliphatic rings. The number of amides is 2. The van der Waals surface area contributed by atoms with Crippen LogP contribution in [0.2, 0.25) is 0 Å². The second kappa shape index (κ2) is 16.3. The van der Waals surface area contributed by atoms with Crippen LogP contribution < -0.4 is 0 Å². The van der Waals surface area contributed by atoms with Gasteiger partial charge in [-0.15, -0.1) is 0 Å². The summed E-state index contributed by atoms with van der Waals surface area (Å²) in [4.78, 5) is 41.1. The van der Waals surface area contributed by atoms with Crippen LogP contribution in [0.4, 0.5) is 17.6 Å². The zero-order valence-electron chi connectivity index (χ0n) is 29.0. The third kappa shape index (κ3) is 8.25. The minimum Gasteiger partial charge on any atom is -0.448 e. The molecule has 6 aromatic rings. The molecule has 276 valence electrons. The first-order chi connectivity index (χ1) is 26.2. The van der Waals surface area contributed by atoms with Crippen molar-refractivity contribution in [2.24, 2.45) is 0 Å². The zero-order chi connectivity index (χ0) is 37.6. The van der Waals surface area contributed by atoms with Crippen LogP contribution in [0, 0.1) is 23.4 Å². The maximum atomic E-state index is 13.9. The number of likely N-dealkylation sites (tertiary alicyclic amines) is 2. The number of carbonyl (C=O) groups excluding carboxylic acids is 2. The first-order valence-electron chi connectivity index (χ1n) is 17.6. The number of aromatic nitrogens is 3. The predicted molar refractivity (Wildman–Crippen MR) is 190 cm³/mol. The van der Waals surface area contributed by atoms with E-state index < -0.39 is 5.95 Å². The largest absolute Gasteiger partial charge is 0.448 e. The lowest BCUT2D eigenvalue weighted by Gasteiger charge is -2.31. The van der Waals surface area contributed by atoms with Gasteiger partial charge in [-0.3, -0.25) is 9.59 Å². The Kier molecular flexibility index (Phi) is 10.9. The number of halogens is 4. The van der Waals surface area contributed by atoms with E-state index in [0.29, 0.717) is 71.6 Å². The number of nitrogens with zero attached hydrogens (tertiary/aromatic N) is 5. The van der Waals surface area contributed by atoms with Gasteiger partial charge in [0.15, 0.2) is 11.8 Å². The molecule has 3 aromatic heterocycles. The molecular formula is C41H35F4N5O4. The third-order valence-electron chi connectivity index (χ3n) is 9.52. The average molecular weight is 738 g/mol. The second-order valence-electron chi connectivity index (χ2n) is 13.2. The Morgan fingerprint density at radius 3 is 1.57 bits per heavy atom. The van der Waals surface area contributed by atoms with E-state index in [1.54, 1.807) is 46.2 Å². The summed E-state index contributed by atoms with van der Waals surface area (Å²) in [6.07, 6.45) is 7.40. The van der Waals surface area contributed by atoms with E-state index in [9.17, 15) is 27.2 Å². The van der Waals surface area contributed by atoms with E-state index >= 15 is 0 Å². The maximum absolute atomic E-state index is 13.9. The Morgan fingerprint density at radius 1 is 0.611 bits per heavy atom. The fourth-order valence-corrected chi connectivity index (χ4v) is 6.72. The summed E-state index contributed by atoms with van der Waals surface area (Å²) in [5.41, 5.74) is 2.46. The standard InChI is InChI=1S/C21H18F2N2O2.C20H17F2N3O2/c22-16-9-7-14(8-10-16)21(26)25-11-3-4-15(12-25)20-24-19(13-27-20)17-5-1-2-6-18(17)23;21-16-6-2-1-5-15(16)17-12-27-19(24-17)14-4-3-9-25(11-14)20(26)13-7-8-18(22)23-10-13/h1-2,5-10,13,15H,3-4,11-12H2;1-2,5-8,10,12,14H,3-4,9,11H2/t15-;14-/m00/s1. The van der Waals surface area contributed by atoms with Crippen LogP contribution in [0.25, 0.3) is 22.5 Å². The molecule has 13 heteroatoms. The molecule has 9 nitrogen and oxygen atoms in total. The Labute approximate surface area is 308 Å². The monoisotopic (exact) mass is 737 g/mol. The maximum Gasteiger partial charge on any atom is 0.255 e. The number of hydrogen-bond donors (Lipinski definition) is 0. The molecule has 0 radical (unpaired) electrons. The van der Waals surface area contributed by atoms with Gasteiger partial charge in [0, 0.05) is 49.1 Å². The number of piperidine rings is 2. The summed E-state index contributed by atoms with van der Waals surface area (Å²) < 4.78 is 65.1. The molecule has 54 heavy (non-hydrogen) atoms. The zero-order valence-corrected chi connectivity index (χ0v) is 29.0. The highest BCUT2D eigenvalue weighted by Crippen LogP contribution is 2.32. The van der Waals surface area contributed by atoms with Gasteiger partial charge in [0.1, 0.15) is 41.4 Å². The van der Waals surface area contributed by atoms with Gasteiger partial charge in [-0.25, -0.2) is 28.1 Å². The molecule has 5 heterocycles. The van der Waals surface area contributed by atoms with Crippen molar-refractivity contribution in [2.75, 3.05) is 26.2 Å². The molecule has 2 amide bonds. The minimum atomic E-state index is -0.622. The van der Waals surface area contributed by atoms with Gasteiger partial charge in [0.25, 0.3) is 11.8 Å². The van der Waals surface area contributed by atoms with Crippen molar-refractivity contribution in [3.05, 3.63) is 150 Å². The SMILES string of the molecule is O=C(c1ccc(F)cc1)N1CCC[C@H](c2nc(-c3ccccc3F)co2)C1.O=C(c1ccc(F)nc1)N1CCC[C@H](c2nc(-c3ccccc3F)co2)C1. The first-order valence-corrected chi connectivity index (χ1v) is 17.6. The number of carbonyl (C=O) groups is 2. The van der Waals surface area contributed by atoms with Gasteiger partial charge in [-0.05, 0) is 86.3 Å². The van der Waals surface area contributed by atoms with Crippen LogP contribution in [0.1, 0.15) is 70.0 Å². The normalized spacial score (nSPS) is 17.1. The first kappa shape index (κ1) is 36.3. The lowest BCUT2D eigenvalue weighted by Crippen LogP contribution is -2.39. The quantitative estimate of drug-likeness (QED) is 0.124. The highest BCUT2D eigenvalue weighted by molar-refractivity contribution is 5.94. The van der Waals surface area contributed by atoms with Crippen LogP contribution in [0.3, 0.4) is 0 Å². The molecule has 0 bridgehead atoms. The lowest BCUT2D eigenvalue weighted by atomic mass is 9.97. The molecule has 0 N–H and O–H groups in total. The van der Waals surface area contributed by atoms with Gasteiger partial charge in [-0.2, -0.15) is 4.39 Å².